The van der Waals surface area contributed by atoms with Crippen LogP contribution in [0.15, 0.2) is 36.9 Å². The third-order valence-corrected chi connectivity index (χ3v) is 4.87. The Hall–Kier alpha value is -1.39. The van der Waals surface area contributed by atoms with Gasteiger partial charge < -0.3 is 5.11 Å². The van der Waals surface area contributed by atoms with Gasteiger partial charge in [0.2, 0.25) is 0 Å². The summed E-state index contributed by atoms with van der Waals surface area (Å²) in [6, 6.07) is 7.90. The van der Waals surface area contributed by atoms with Crippen LogP contribution in [-0.4, -0.2) is 25.5 Å². The molecule has 0 radical (unpaired) electrons. The fourth-order valence-electron chi connectivity index (χ4n) is 2.88. The zero-order valence-corrected chi connectivity index (χ0v) is 15.1. The molecule has 5 heteroatoms. The fraction of sp³-hybridized carbons (Fsp3) is 0.556. The molecule has 4 nitrogen and oxygen atoms in total. The third kappa shape index (κ3) is 4.55. The van der Waals surface area contributed by atoms with Gasteiger partial charge >= 0.3 is 0 Å². The van der Waals surface area contributed by atoms with Gasteiger partial charge in [0.1, 0.15) is 12.7 Å². The Labute approximate surface area is 143 Å². The quantitative estimate of drug-likeness (QED) is 0.868. The van der Waals surface area contributed by atoms with Gasteiger partial charge in [-0.1, -0.05) is 57.5 Å². The highest BCUT2D eigenvalue weighted by molar-refractivity contribution is 6.31. The van der Waals surface area contributed by atoms with Gasteiger partial charge in [0.05, 0.1) is 12.1 Å². The minimum Gasteiger partial charge on any atom is -0.387 e. The van der Waals surface area contributed by atoms with Crippen molar-refractivity contribution in [1.82, 2.24) is 14.8 Å². The molecule has 1 N–H and O–H groups in total. The van der Waals surface area contributed by atoms with Crippen molar-refractivity contribution in [3.8, 4) is 0 Å². The zero-order valence-electron chi connectivity index (χ0n) is 14.3. The normalized spacial score (nSPS) is 16.1. The first-order valence-corrected chi connectivity index (χ1v) is 8.37. The minimum absolute atomic E-state index is 0.270. The summed E-state index contributed by atoms with van der Waals surface area (Å²) in [7, 11) is 0. The second-order valence-electron chi connectivity index (χ2n) is 7.48. The molecule has 0 saturated heterocycles. The van der Waals surface area contributed by atoms with E-state index in [0.717, 1.165) is 17.0 Å². The Balaban J connectivity index is 2.13. The molecule has 0 aliphatic heterocycles. The van der Waals surface area contributed by atoms with E-state index in [2.05, 4.69) is 37.8 Å². The molecule has 0 saturated carbocycles. The molecule has 1 heterocycles. The number of rotatable bonds is 6. The molecular formula is C18H26ClN3O. The summed E-state index contributed by atoms with van der Waals surface area (Å²) in [5, 5.41) is 16.2. The Morgan fingerprint density at radius 1 is 1.26 bits per heavy atom. The molecule has 0 spiro atoms. The van der Waals surface area contributed by atoms with Crippen molar-refractivity contribution in [2.75, 3.05) is 0 Å². The maximum Gasteiger partial charge on any atom is 0.137 e. The Bertz CT molecular complexity index is 621. The SMILES string of the molecule is CC(Cc1ccccc1Cl)CC(O)(Cn1cncn1)C(C)(C)C. The van der Waals surface area contributed by atoms with E-state index < -0.39 is 5.60 Å². The second-order valence-corrected chi connectivity index (χ2v) is 7.89. The van der Waals surface area contributed by atoms with Crippen LogP contribution in [0.4, 0.5) is 0 Å². The van der Waals surface area contributed by atoms with E-state index in [1.54, 1.807) is 11.0 Å². The highest BCUT2D eigenvalue weighted by Crippen LogP contribution is 2.38. The molecule has 23 heavy (non-hydrogen) atoms. The second kappa shape index (κ2) is 7.02. The van der Waals surface area contributed by atoms with Gasteiger partial charge in [0.25, 0.3) is 0 Å². The smallest absolute Gasteiger partial charge is 0.137 e. The van der Waals surface area contributed by atoms with Crippen LogP contribution >= 0.6 is 11.6 Å². The number of halogens is 1. The number of aliphatic hydroxyl groups is 1. The summed E-state index contributed by atoms with van der Waals surface area (Å²) >= 11 is 6.26. The van der Waals surface area contributed by atoms with Crippen LogP contribution in [0.5, 0.6) is 0 Å². The van der Waals surface area contributed by atoms with Crippen LogP contribution in [-0.2, 0) is 13.0 Å². The van der Waals surface area contributed by atoms with Crippen LogP contribution in [0.3, 0.4) is 0 Å². The van der Waals surface area contributed by atoms with Crippen molar-refractivity contribution in [3.05, 3.63) is 47.5 Å². The predicted molar refractivity (Wildman–Crippen MR) is 93.4 cm³/mol. The highest BCUT2D eigenvalue weighted by Gasteiger charge is 2.41. The van der Waals surface area contributed by atoms with Crippen molar-refractivity contribution >= 4 is 11.6 Å². The molecule has 0 aliphatic carbocycles. The Morgan fingerprint density at radius 2 is 1.96 bits per heavy atom. The molecule has 1 aromatic heterocycles. The van der Waals surface area contributed by atoms with Gasteiger partial charge in [0, 0.05) is 5.02 Å². The molecular weight excluding hydrogens is 310 g/mol. The van der Waals surface area contributed by atoms with E-state index in [1.807, 2.05) is 24.3 Å². The molecule has 0 fully saturated rings. The lowest BCUT2D eigenvalue weighted by Crippen LogP contribution is -2.48. The molecule has 0 bridgehead atoms. The number of nitrogens with zero attached hydrogens (tertiary/aromatic N) is 3. The van der Waals surface area contributed by atoms with Gasteiger partial charge in [-0.25, -0.2) is 4.98 Å². The average molecular weight is 336 g/mol. The van der Waals surface area contributed by atoms with Crippen LogP contribution in [0.2, 0.25) is 5.02 Å². The third-order valence-electron chi connectivity index (χ3n) is 4.50. The zero-order chi connectivity index (χ0) is 17.1. The summed E-state index contributed by atoms with van der Waals surface area (Å²) in [5.41, 5.74) is -0.0200. The van der Waals surface area contributed by atoms with Gasteiger partial charge in [-0.15, -0.1) is 0 Å². The standard InChI is InChI=1S/C18H26ClN3O/c1-14(9-15-7-5-6-8-16(15)19)10-18(23,17(2,3)4)11-22-13-20-12-21-22/h5-8,12-14,23H,9-11H2,1-4H3. The molecule has 2 rings (SSSR count). The maximum atomic E-state index is 11.3. The largest absolute Gasteiger partial charge is 0.387 e. The van der Waals surface area contributed by atoms with E-state index in [1.165, 1.54) is 6.33 Å². The molecule has 126 valence electrons. The lowest BCUT2D eigenvalue weighted by molar-refractivity contribution is -0.0890. The van der Waals surface area contributed by atoms with Crippen LogP contribution in [0, 0.1) is 11.3 Å². The van der Waals surface area contributed by atoms with Gasteiger partial charge in [-0.05, 0) is 35.8 Å². The average Bonchev–Trinajstić information content (AvgIpc) is 2.92. The van der Waals surface area contributed by atoms with E-state index in [-0.39, 0.29) is 5.41 Å². The number of aromatic nitrogens is 3. The summed E-state index contributed by atoms with van der Waals surface area (Å²) in [6.45, 7) is 8.77. The van der Waals surface area contributed by atoms with Gasteiger partial charge in [-0.3, -0.25) is 4.68 Å². The van der Waals surface area contributed by atoms with Crippen molar-refractivity contribution in [3.63, 3.8) is 0 Å². The van der Waals surface area contributed by atoms with Crippen LogP contribution in [0.1, 0.15) is 39.7 Å². The number of benzene rings is 1. The van der Waals surface area contributed by atoms with E-state index in [4.69, 9.17) is 11.6 Å². The van der Waals surface area contributed by atoms with Crippen LogP contribution < -0.4 is 0 Å². The summed E-state index contributed by atoms with van der Waals surface area (Å²) in [4.78, 5) is 3.97. The first kappa shape index (κ1) is 18.0. The fourth-order valence-corrected chi connectivity index (χ4v) is 3.09. The molecule has 2 unspecified atom stereocenters. The molecule has 1 aromatic carbocycles. The minimum atomic E-state index is -0.874. The number of hydrogen-bond acceptors (Lipinski definition) is 3. The van der Waals surface area contributed by atoms with E-state index in [9.17, 15) is 5.11 Å². The van der Waals surface area contributed by atoms with E-state index >= 15 is 0 Å². The first-order valence-electron chi connectivity index (χ1n) is 7.99. The van der Waals surface area contributed by atoms with Crippen molar-refractivity contribution < 1.29 is 5.11 Å². The first-order chi connectivity index (χ1) is 10.7. The molecule has 0 aliphatic rings. The topological polar surface area (TPSA) is 50.9 Å². The van der Waals surface area contributed by atoms with Gasteiger partial charge in [0.15, 0.2) is 0 Å². The summed E-state index contributed by atoms with van der Waals surface area (Å²) in [6.07, 6.45) is 4.66. The summed E-state index contributed by atoms with van der Waals surface area (Å²) < 4.78 is 1.70. The van der Waals surface area contributed by atoms with Crippen molar-refractivity contribution in [2.24, 2.45) is 11.3 Å². The Morgan fingerprint density at radius 3 is 2.52 bits per heavy atom. The van der Waals surface area contributed by atoms with Gasteiger partial charge in [-0.2, -0.15) is 5.10 Å². The monoisotopic (exact) mass is 335 g/mol. The van der Waals surface area contributed by atoms with Crippen molar-refractivity contribution in [1.29, 1.82) is 0 Å². The molecule has 0 amide bonds. The Kier molecular flexibility index (Phi) is 5.48. The maximum absolute atomic E-state index is 11.3. The lowest BCUT2D eigenvalue weighted by Gasteiger charge is -2.42. The predicted octanol–water partition coefficient (Wildman–Crippen LogP) is 3.98. The van der Waals surface area contributed by atoms with Crippen molar-refractivity contribution in [2.45, 2.75) is 52.7 Å². The van der Waals surface area contributed by atoms with Crippen LogP contribution in [0.25, 0.3) is 0 Å². The molecule has 2 atom stereocenters. The van der Waals surface area contributed by atoms with E-state index in [0.29, 0.717) is 18.9 Å². The summed E-state index contributed by atoms with van der Waals surface area (Å²) in [5.74, 6) is 0.294. The lowest BCUT2D eigenvalue weighted by atomic mass is 9.71. The molecule has 2 aromatic rings. The highest BCUT2D eigenvalue weighted by atomic mass is 35.5. The number of hydrogen-bond donors (Lipinski definition) is 1.